The highest BCUT2D eigenvalue weighted by Crippen LogP contribution is 2.25. The number of hydrogen-bond acceptors (Lipinski definition) is 1. The van der Waals surface area contributed by atoms with Crippen molar-refractivity contribution in [2.75, 3.05) is 6.54 Å². The van der Waals surface area contributed by atoms with Gasteiger partial charge in [0.2, 0.25) is 0 Å². The number of alkyl halides is 2. The summed E-state index contributed by atoms with van der Waals surface area (Å²) in [7, 11) is 0. The number of aromatic nitrogens is 1. The maximum absolute atomic E-state index is 12.6. The van der Waals surface area contributed by atoms with Gasteiger partial charge in [-0.15, -0.1) is 0 Å². The predicted octanol–water partition coefficient (Wildman–Crippen LogP) is 4.70. The molecular formula is C17H22ClF2N3O. The number of likely N-dealkylation sites (tertiary alicyclic amines) is 1. The summed E-state index contributed by atoms with van der Waals surface area (Å²) in [5.41, 5.74) is 2.70. The minimum Gasteiger partial charge on any atom is -0.357 e. The second kappa shape index (κ2) is 7.83. The number of H-pyrrole nitrogens is 1. The lowest BCUT2D eigenvalue weighted by atomic mass is 10.1. The van der Waals surface area contributed by atoms with Crippen molar-refractivity contribution >= 4 is 28.5 Å². The normalized spacial score (nSPS) is 16.6. The summed E-state index contributed by atoms with van der Waals surface area (Å²) in [6.07, 6.45) is -2.13. The topological polar surface area (TPSA) is 48.1 Å². The van der Waals surface area contributed by atoms with Crippen LogP contribution in [0.2, 0.25) is 5.02 Å². The molecule has 24 heavy (non-hydrogen) atoms. The third-order valence-corrected chi connectivity index (χ3v) is 4.41. The molecule has 0 saturated carbocycles. The smallest absolute Gasteiger partial charge is 0.318 e. The Bertz CT molecular complexity index is 678. The molecule has 0 spiro atoms. The molecule has 2 N–H and O–H groups in total. The van der Waals surface area contributed by atoms with Gasteiger partial charge in [-0.2, -0.15) is 0 Å². The number of carbonyl (C=O) groups is 1. The van der Waals surface area contributed by atoms with Crippen molar-refractivity contribution in [2.45, 2.75) is 46.2 Å². The van der Waals surface area contributed by atoms with E-state index in [1.807, 2.05) is 39.0 Å². The molecule has 1 fully saturated rings. The number of aryl methyl sites for hydroxylation is 1. The number of aromatic amines is 1. The molecule has 0 aliphatic carbocycles. The Morgan fingerprint density at radius 2 is 2.12 bits per heavy atom. The average molecular weight is 358 g/mol. The lowest BCUT2D eigenvalue weighted by molar-refractivity contribution is -0.00919. The molecule has 1 saturated heterocycles. The Kier molecular flexibility index (Phi) is 6.04. The lowest BCUT2D eigenvalue weighted by Crippen LogP contribution is -2.57. The molecule has 7 heteroatoms. The van der Waals surface area contributed by atoms with Gasteiger partial charge in [0.15, 0.2) is 0 Å². The van der Waals surface area contributed by atoms with E-state index in [1.165, 1.54) is 4.90 Å². The number of carbonyl (C=O) groups excluding carboxylic acids is 1. The van der Waals surface area contributed by atoms with Gasteiger partial charge < -0.3 is 15.2 Å². The maximum atomic E-state index is 12.6. The number of benzene rings is 1. The van der Waals surface area contributed by atoms with Crippen LogP contribution in [0.25, 0.3) is 10.9 Å². The Labute approximate surface area is 145 Å². The Morgan fingerprint density at radius 3 is 2.71 bits per heavy atom. The van der Waals surface area contributed by atoms with Gasteiger partial charge in [0.1, 0.15) is 0 Å². The molecule has 1 aromatic heterocycles. The fraction of sp³-hybridized carbons (Fsp3) is 0.471. The van der Waals surface area contributed by atoms with Crippen LogP contribution in [-0.4, -0.2) is 34.9 Å². The zero-order valence-corrected chi connectivity index (χ0v) is 14.8. The predicted molar refractivity (Wildman–Crippen MR) is 92.7 cm³/mol. The minimum absolute atomic E-state index is 0.261. The van der Waals surface area contributed by atoms with Crippen LogP contribution >= 0.6 is 11.6 Å². The first-order chi connectivity index (χ1) is 11.5. The quantitative estimate of drug-likeness (QED) is 0.821. The summed E-state index contributed by atoms with van der Waals surface area (Å²) in [6.45, 7) is 6.55. The molecule has 2 aromatic rings. The summed E-state index contributed by atoms with van der Waals surface area (Å²) in [5, 5.41) is 4.30. The van der Waals surface area contributed by atoms with Crippen LogP contribution < -0.4 is 5.32 Å². The molecule has 3 rings (SSSR count). The van der Waals surface area contributed by atoms with Gasteiger partial charge in [0, 0.05) is 28.2 Å². The van der Waals surface area contributed by atoms with Crippen molar-refractivity contribution in [1.29, 1.82) is 0 Å². The van der Waals surface area contributed by atoms with Crippen LogP contribution in [0.15, 0.2) is 18.2 Å². The van der Waals surface area contributed by atoms with Crippen molar-refractivity contribution in [3.8, 4) is 0 Å². The van der Waals surface area contributed by atoms with Crippen molar-refractivity contribution in [3.05, 3.63) is 34.5 Å². The summed E-state index contributed by atoms with van der Waals surface area (Å²) in [4.78, 5) is 16.2. The number of fused-ring (bicyclic) bond motifs is 1. The van der Waals surface area contributed by atoms with Gasteiger partial charge in [-0.05, 0) is 37.1 Å². The van der Waals surface area contributed by atoms with E-state index in [-0.39, 0.29) is 6.54 Å². The van der Waals surface area contributed by atoms with Crippen LogP contribution in [0.1, 0.15) is 31.5 Å². The van der Waals surface area contributed by atoms with Gasteiger partial charge in [0.25, 0.3) is 6.43 Å². The van der Waals surface area contributed by atoms with Gasteiger partial charge in [-0.25, -0.2) is 13.6 Å². The maximum Gasteiger partial charge on any atom is 0.318 e. The molecule has 1 atom stereocenters. The number of hydrogen-bond donors (Lipinski definition) is 2. The van der Waals surface area contributed by atoms with E-state index >= 15 is 0 Å². The standard InChI is InChI=1S/C15H16ClF2N3O.C2H6/c1-8-4-12-9(6-11(8)16)5-10(20-12)7-19-15(22)21-3-2-13(21)14(17)18;1-2/h4-6,13-14,20H,2-3,7H2,1H3,(H,19,22);1-2H3. The number of urea groups is 1. The van der Waals surface area contributed by atoms with E-state index in [0.29, 0.717) is 18.0 Å². The molecule has 2 amide bonds. The third kappa shape index (κ3) is 3.80. The van der Waals surface area contributed by atoms with Crippen LogP contribution in [0.4, 0.5) is 13.6 Å². The molecule has 1 aliphatic heterocycles. The molecule has 4 nitrogen and oxygen atoms in total. The zero-order chi connectivity index (χ0) is 17.9. The van der Waals surface area contributed by atoms with Crippen LogP contribution in [0.3, 0.4) is 0 Å². The van der Waals surface area contributed by atoms with Gasteiger partial charge in [-0.1, -0.05) is 25.4 Å². The lowest BCUT2D eigenvalue weighted by Gasteiger charge is -2.40. The molecule has 1 unspecified atom stereocenters. The molecule has 2 heterocycles. The second-order valence-corrected chi connectivity index (χ2v) is 5.93. The Hall–Kier alpha value is -1.82. The van der Waals surface area contributed by atoms with E-state index in [4.69, 9.17) is 11.6 Å². The largest absolute Gasteiger partial charge is 0.357 e. The minimum atomic E-state index is -2.49. The van der Waals surface area contributed by atoms with Crippen molar-refractivity contribution in [1.82, 2.24) is 15.2 Å². The number of rotatable bonds is 3. The molecule has 1 aromatic carbocycles. The number of nitrogens with one attached hydrogen (secondary N) is 2. The van der Waals surface area contributed by atoms with Crippen LogP contribution in [0.5, 0.6) is 0 Å². The monoisotopic (exact) mass is 357 g/mol. The summed E-state index contributed by atoms with van der Waals surface area (Å²) >= 11 is 6.08. The highest BCUT2D eigenvalue weighted by Gasteiger charge is 2.38. The van der Waals surface area contributed by atoms with Gasteiger partial charge >= 0.3 is 6.03 Å². The first-order valence-corrected chi connectivity index (χ1v) is 8.44. The van der Waals surface area contributed by atoms with Crippen LogP contribution in [-0.2, 0) is 6.54 Å². The van der Waals surface area contributed by atoms with E-state index in [1.54, 1.807) is 0 Å². The average Bonchev–Trinajstić information content (AvgIpc) is 2.88. The Morgan fingerprint density at radius 1 is 1.42 bits per heavy atom. The molecule has 1 aliphatic rings. The van der Waals surface area contributed by atoms with E-state index in [0.717, 1.165) is 22.2 Å². The molecule has 0 bridgehead atoms. The first kappa shape index (κ1) is 18.5. The number of halogens is 3. The van der Waals surface area contributed by atoms with Crippen molar-refractivity contribution in [3.63, 3.8) is 0 Å². The molecule has 0 radical (unpaired) electrons. The van der Waals surface area contributed by atoms with E-state index in [2.05, 4.69) is 10.3 Å². The Balaban J connectivity index is 0.00000100. The summed E-state index contributed by atoms with van der Waals surface area (Å²) in [5.74, 6) is 0. The van der Waals surface area contributed by atoms with Crippen LogP contribution in [0, 0.1) is 6.92 Å². The summed E-state index contributed by atoms with van der Waals surface area (Å²) < 4.78 is 25.3. The van der Waals surface area contributed by atoms with Gasteiger partial charge in [0.05, 0.1) is 12.6 Å². The molecule has 132 valence electrons. The van der Waals surface area contributed by atoms with Crippen molar-refractivity contribution in [2.24, 2.45) is 0 Å². The first-order valence-electron chi connectivity index (χ1n) is 8.06. The van der Waals surface area contributed by atoms with Crippen molar-refractivity contribution < 1.29 is 13.6 Å². The highest BCUT2D eigenvalue weighted by molar-refractivity contribution is 6.32. The van der Waals surface area contributed by atoms with E-state index in [9.17, 15) is 13.6 Å². The van der Waals surface area contributed by atoms with E-state index < -0.39 is 18.5 Å². The zero-order valence-electron chi connectivity index (χ0n) is 14.0. The fourth-order valence-electron chi connectivity index (χ4n) is 2.61. The highest BCUT2D eigenvalue weighted by atomic mass is 35.5. The molecular weight excluding hydrogens is 336 g/mol. The van der Waals surface area contributed by atoms with Gasteiger partial charge in [-0.3, -0.25) is 0 Å². The fourth-order valence-corrected chi connectivity index (χ4v) is 2.78. The third-order valence-electron chi connectivity index (χ3n) is 4.00. The SMILES string of the molecule is CC.Cc1cc2[nH]c(CNC(=O)N3CCC3C(F)F)cc2cc1Cl. The second-order valence-electron chi connectivity index (χ2n) is 5.53. The number of amides is 2. The summed E-state index contributed by atoms with van der Waals surface area (Å²) in [6, 6.07) is 4.27. The number of nitrogens with zero attached hydrogens (tertiary/aromatic N) is 1.